The lowest BCUT2D eigenvalue weighted by molar-refractivity contribution is -0.124. The Balaban J connectivity index is 2.27. The van der Waals surface area contributed by atoms with Crippen molar-refractivity contribution in [2.75, 3.05) is 0 Å². The number of carbonyl (C=O) groups excluding carboxylic acids is 2. The van der Waals surface area contributed by atoms with Gasteiger partial charge in [-0.25, -0.2) is 4.98 Å². The van der Waals surface area contributed by atoms with E-state index in [0.29, 0.717) is 5.57 Å². The zero-order valence-corrected chi connectivity index (χ0v) is 7.43. The lowest BCUT2D eigenvalue weighted by Crippen LogP contribution is -2.19. The van der Waals surface area contributed by atoms with Crippen LogP contribution in [0.4, 0.5) is 0 Å². The van der Waals surface area contributed by atoms with Crippen molar-refractivity contribution >= 4 is 29.2 Å². The van der Waals surface area contributed by atoms with Gasteiger partial charge in [0.25, 0.3) is 5.91 Å². The Bertz CT molecular complexity index is 381. The number of nitrogens with zero attached hydrogens (tertiary/aromatic N) is 1. The maximum atomic E-state index is 11.1. The normalized spacial score (nSPS) is 19.5. The molecule has 1 aromatic rings. The van der Waals surface area contributed by atoms with Gasteiger partial charge in [0.15, 0.2) is 0 Å². The molecule has 0 unspecified atom stereocenters. The van der Waals surface area contributed by atoms with Crippen LogP contribution in [0.25, 0.3) is 6.08 Å². The van der Waals surface area contributed by atoms with Crippen LogP contribution in [0.15, 0.2) is 16.5 Å². The Labute approximate surface area is 78.3 Å². The fourth-order valence-corrected chi connectivity index (χ4v) is 1.60. The highest BCUT2D eigenvalue weighted by molar-refractivity contribution is 7.07. The molecule has 0 aliphatic carbocycles. The standard InChI is InChI=1S/C8H6N2O2S/c11-7-2-5(8(12)10-7)1-6-3-13-4-9-6/h1,3-4H,2H2,(H,10,11,12). The summed E-state index contributed by atoms with van der Waals surface area (Å²) in [5.41, 5.74) is 2.89. The molecule has 1 N–H and O–H groups in total. The molecule has 1 aliphatic rings. The van der Waals surface area contributed by atoms with Crippen molar-refractivity contribution in [1.29, 1.82) is 0 Å². The predicted octanol–water partition coefficient (Wildman–Crippen LogP) is 0.573. The molecular weight excluding hydrogens is 188 g/mol. The molecule has 1 fully saturated rings. The van der Waals surface area contributed by atoms with Gasteiger partial charge < -0.3 is 0 Å². The van der Waals surface area contributed by atoms with E-state index in [-0.39, 0.29) is 18.2 Å². The van der Waals surface area contributed by atoms with Gasteiger partial charge >= 0.3 is 0 Å². The molecule has 1 aromatic heterocycles. The van der Waals surface area contributed by atoms with Gasteiger partial charge in [-0.1, -0.05) is 0 Å². The van der Waals surface area contributed by atoms with Crippen molar-refractivity contribution in [2.24, 2.45) is 0 Å². The summed E-state index contributed by atoms with van der Waals surface area (Å²) in [5.74, 6) is -0.551. The summed E-state index contributed by atoms with van der Waals surface area (Å²) in [4.78, 5) is 25.9. The molecule has 2 amide bonds. The van der Waals surface area contributed by atoms with Gasteiger partial charge in [0.05, 0.1) is 17.6 Å². The van der Waals surface area contributed by atoms with Crippen LogP contribution in [-0.2, 0) is 9.59 Å². The van der Waals surface area contributed by atoms with Crippen LogP contribution in [0.5, 0.6) is 0 Å². The summed E-state index contributed by atoms with van der Waals surface area (Å²) in [7, 11) is 0. The largest absolute Gasteiger partial charge is 0.292 e. The smallest absolute Gasteiger partial charge is 0.254 e. The van der Waals surface area contributed by atoms with E-state index in [1.54, 1.807) is 11.6 Å². The fraction of sp³-hybridized carbons (Fsp3) is 0.125. The van der Waals surface area contributed by atoms with Gasteiger partial charge in [0.1, 0.15) is 0 Å². The highest BCUT2D eigenvalue weighted by Crippen LogP contribution is 2.14. The van der Waals surface area contributed by atoms with Crippen LogP contribution in [-0.4, -0.2) is 16.8 Å². The third kappa shape index (κ3) is 1.65. The van der Waals surface area contributed by atoms with Gasteiger partial charge in [0, 0.05) is 11.0 Å². The molecule has 2 rings (SSSR count). The Morgan fingerprint density at radius 2 is 2.38 bits per heavy atom. The van der Waals surface area contributed by atoms with Gasteiger partial charge in [0.2, 0.25) is 5.91 Å². The second-order valence-electron chi connectivity index (χ2n) is 2.64. The summed E-state index contributed by atoms with van der Waals surface area (Å²) < 4.78 is 0. The number of imide groups is 1. The number of amides is 2. The van der Waals surface area contributed by atoms with Crippen LogP contribution in [0.3, 0.4) is 0 Å². The van der Waals surface area contributed by atoms with Crippen LogP contribution in [0.2, 0.25) is 0 Å². The monoisotopic (exact) mass is 194 g/mol. The fourth-order valence-electron chi connectivity index (χ4n) is 1.09. The minimum Gasteiger partial charge on any atom is -0.292 e. The number of rotatable bonds is 1. The number of hydrogen-bond donors (Lipinski definition) is 1. The lowest BCUT2D eigenvalue weighted by Gasteiger charge is -1.88. The number of nitrogens with one attached hydrogen (secondary N) is 1. The highest BCUT2D eigenvalue weighted by atomic mass is 32.1. The maximum Gasteiger partial charge on any atom is 0.254 e. The first-order valence-electron chi connectivity index (χ1n) is 3.68. The highest BCUT2D eigenvalue weighted by Gasteiger charge is 2.23. The molecule has 5 heteroatoms. The average molecular weight is 194 g/mol. The quantitative estimate of drug-likeness (QED) is 0.525. The summed E-state index contributed by atoms with van der Waals surface area (Å²) in [6, 6.07) is 0. The first-order chi connectivity index (χ1) is 6.25. The van der Waals surface area contributed by atoms with E-state index >= 15 is 0 Å². The van der Waals surface area contributed by atoms with Crippen molar-refractivity contribution in [3.8, 4) is 0 Å². The minimum absolute atomic E-state index is 0.163. The van der Waals surface area contributed by atoms with Crippen molar-refractivity contribution < 1.29 is 9.59 Å². The second kappa shape index (κ2) is 3.10. The molecule has 0 spiro atoms. The van der Waals surface area contributed by atoms with E-state index in [4.69, 9.17) is 0 Å². The molecule has 0 radical (unpaired) electrons. The second-order valence-corrected chi connectivity index (χ2v) is 3.36. The Morgan fingerprint density at radius 3 is 2.92 bits per heavy atom. The van der Waals surface area contributed by atoms with E-state index < -0.39 is 0 Å². The SMILES string of the molecule is O=C1CC(=Cc2cscn2)C(=O)N1. The first-order valence-corrected chi connectivity index (χ1v) is 4.63. The molecule has 0 aromatic carbocycles. The van der Waals surface area contributed by atoms with Crippen LogP contribution in [0, 0.1) is 0 Å². The molecule has 66 valence electrons. The molecule has 13 heavy (non-hydrogen) atoms. The summed E-state index contributed by atoms with van der Waals surface area (Å²) in [5, 5.41) is 4.03. The predicted molar refractivity (Wildman–Crippen MR) is 47.9 cm³/mol. The molecule has 0 bridgehead atoms. The maximum absolute atomic E-state index is 11.1. The van der Waals surface area contributed by atoms with E-state index in [2.05, 4.69) is 10.3 Å². The summed E-state index contributed by atoms with van der Waals surface area (Å²) in [6.45, 7) is 0. The third-order valence-electron chi connectivity index (χ3n) is 1.67. The van der Waals surface area contributed by atoms with E-state index in [1.807, 2.05) is 5.38 Å². The lowest BCUT2D eigenvalue weighted by atomic mass is 10.2. The van der Waals surface area contributed by atoms with E-state index in [0.717, 1.165) is 5.69 Å². The van der Waals surface area contributed by atoms with Gasteiger partial charge in [-0.3, -0.25) is 14.9 Å². The summed E-state index contributed by atoms with van der Waals surface area (Å²) in [6.07, 6.45) is 1.80. The molecule has 0 saturated carbocycles. The molecule has 4 nitrogen and oxygen atoms in total. The number of thiazole rings is 1. The molecule has 1 aliphatic heterocycles. The van der Waals surface area contributed by atoms with E-state index in [1.165, 1.54) is 11.3 Å². The number of aromatic nitrogens is 1. The Hall–Kier alpha value is -1.49. The Kier molecular flexibility index (Phi) is 1.94. The van der Waals surface area contributed by atoms with Crippen LogP contribution < -0.4 is 5.32 Å². The number of carbonyl (C=O) groups is 2. The molecule has 0 atom stereocenters. The number of hydrogen-bond acceptors (Lipinski definition) is 4. The van der Waals surface area contributed by atoms with Gasteiger partial charge in [-0.15, -0.1) is 11.3 Å². The molecule has 1 saturated heterocycles. The zero-order chi connectivity index (χ0) is 9.26. The first kappa shape index (κ1) is 8.12. The summed E-state index contributed by atoms with van der Waals surface area (Å²) >= 11 is 1.45. The van der Waals surface area contributed by atoms with Crippen molar-refractivity contribution in [3.05, 3.63) is 22.2 Å². The molecule has 2 heterocycles. The van der Waals surface area contributed by atoms with Crippen LogP contribution in [0.1, 0.15) is 12.1 Å². The third-order valence-corrected chi connectivity index (χ3v) is 2.27. The molecular formula is C8H6N2O2S. The van der Waals surface area contributed by atoms with Crippen LogP contribution >= 0.6 is 11.3 Å². The average Bonchev–Trinajstić information content (AvgIpc) is 2.63. The van der Waals surface area contributed by atoms with E-state index in [9.17, 15) is 9.59 Å². The topological polar surface area (TPSA) is 59.1 Å². The Morgan fingerprint density at radius 1 is 1.54 bits per heavy atom. The van der Waals surface area contributed by atoms with Gasteiger partial charge in [-0.2, -0.15) is 0 Å². The van der Waals surface area contributed by atoms with Crippen molar-refractivity contribution in [3.63, 3.8) is 0 Å². The zero-order valence-electron chi connectivity index (χ0n) is 6.61. The van der Waals surface area contributed by atoms with Crippen molar-refractivity contribution in [2.45, 2.75) is 6.42 Å². The minimum atomic E-state index is -0.307. The van der Waals surface area contributed by atoms with Gasteiger partial charge in [-0.05, 0) is 6.08 Å². The van der Waals surface area contributed by atoms with Crippen molar-refractivity contribution in [1.82, 2.24) is 10.3 Å².